The summed E-state index contributed by atoms with van der Waals surface area (Å²) in [6.45, 7) is 1.67. The number of hydrogen-bond acceptors (Lipinski definition) is 5. The quantitative estimate of drug-likeness (QED) is 0.595. The van der Waals surface area contributed by atoms with E-state index in [1.54, 1.807) is 24.1 Å². The predicted octanol–water partition coefficient (Wildman–Crippen LogP) is 1.37. The molecule has 0 aliphatic rings. The van der Waals surface area contributed by atoms with Crippen molar-refractivity contribution in [3.8, 4) is 5.75 Å². The summed E-state index contributed by atoms with van der Waals surface area (Å²) in [4.78, 5) is 0. The van der Waals surface area contributed by atoms with Gasteiger partial charge in [-0.1, -0.05) is 5.21 Å². The van der Waals surface area contributed by atoms with Crippen molar-refractivity contribution in [3.05, 3.63) is 30.6 Å². The van der Waals surface area contributed by atoms with Crippen LogP contribution in [-0.2, 0) is 6.54 Å². The highest BCUT2D eigenvalue weighted by Gasteiger charge is 2.00. The van der Waals surface area contributed by atoms with Gasteiger partial charge in [-0.15, -0.1) is 5.10 Å². The lowest BCUT2D eigenvalue weighted by Gasteiger charge is -2.10. The van der Waals surface area contributed by atoms with E-state index < -0.39 is 0 Å². The Bertz CT molecular complexity index is 483. The van der Waals surface area contributed by atoms with Gasteiger partial charge in [-0.3, -0.25) is 4.68 Å². The van der Waals surface area contributed by atoms with Crippen molar-refractivity contribution in [2.24, 2.45) is 0 Å². The second-order valence-electron chi connectivity index (χ2n) is 3.90. The summed E-state index contributed by atoms with van der Waals surface area (Å²) in [5.41, 5.74) is 7.52. The van der Waals surface area contributed by atoms with E-state index in [0.717, 1.165) is 30.9 Å². The van der Waals surface area contributed by atoms with E-state index in [9.17, 15) is 0 Å². The molecule has 0 spiro atoms. The Morgan fingerprint density at radius 1 is 1.44 bits per heavy atom. The van der Waals surface area contributed by atoms with Crippen LogP contribution in [0.1, 0.15) is 6.42 Å². The Balaban J connectivity index is 1.79. The summed E-state index contributed by atoms with van der Waals surface area (Å²) in [6.07, 6.45) is 4.48. The molecule has 18 heavy (non-hydrogen) atoms. The summed E-state index contributed by atoms with van der Waals surface area (Å²) in [5.74, 6) is 0.765. The van der Waals surface area contributed by atoms with Crippen LogP contribution in [0.15, 0.2) is 30.6 Å². The molecule has 2 aromatic rings. The van der Waals surface area contributed by atoms with Crippen LogP contribution in [0.2, 0.25) is 0 Å². The van der Waals surface area contributed by atoms with Crippen molar-refractivity contribution in [1.29, 1.82) is 0 Å². The molecular weight excluding hydrogens is 230 g/mol. The number of benzene rings is 1. The zero-order valence-corrected chi connectivity index (χ0v) is 10.3. The second-order valence-corrected chi connectivity index (χ2v) is 3.90. The average Bonchev–Trinajstić information content (AvgIpc) is 2.89. The van der Waals surface area contributed by atoms with Crippen LogP contribution in [-0.4, -0.2) is 28.6 Å². The molecule has 2 rings (SSSR count). The number of rotatable bonds is 6. The van der Waals surface area contributed by atoms with Gasteiger partial charge in [0.1, 0.15) is 5.75 Å². The number of nitrogens with zero attached hydrogens (tertiary/aromatic N) is 3. The van der Waals surface area contributed by atoms with E-state index in [2.05, 4.69) is 15.6 Å². The van der Waals surface area contributed by atoms with E-state index in [0.29, 0.717) is 5.69 Å². The first kappa shape index (κ1) is 12.2. The molecule has 6 nitrogen and oxygen atoms in total. The SMILES string of the molecule is COc1ccc(NCCCn2ccnn2)c(N)c1. The largest absolute Gasteiger partial charge is 0.497 e. The van der Waals surface area contributed by atoms with Gasteiger partial charge in [0.25, 0.3) is 0 Å². The highest BCUT2D eigenvalue weighted by atomic mass is 16.5. The van der Waals surface area contributed by atoms with Crippen LogP contribution in [0.5, 0.6) is 5.75 Å². The molecule has 0 atom stereocenters. The molecule has 1 aromatic carbocycles. The van der Waals surface area contributed by atoms with Gasteiger partial charge < -0.3 is 15.8 Å². The Hall–Kier alpha value is -2.24. The summed E-state index contributed by atoms with van der Waals surface area (Å²) in [7, 11) is 1.62. The van der Waals surface area contributed by atoms with Crippen LogP contribution in [0.25, 0.3) is 0 Å². The Kier molecular flexibility index (Phi) is 4.01. The van der Waals surface area contributed by atoms with Gasteiger partial charge >= 0.3 is 0 Å². The molecule has 0 aliphatic heterocycles. The number of nitrogens with two attached hydrogens (primary N) is 1. The summed E-state index contributed by atoms with van der Waals surface area (Å²) in [5, 5.41) is 10.9. The molecule has 1 aromatic heterocycles. The molecule has 6 heteroatoms. The number of anilines is 2. The van der Waals surface area contributed by atoms with Gasteiger partial charge in [0.2, 0.25) is 0 Å². The van der Waals surface area contributed by atoms with Crippen molar-refractivity contribution >= 4 is 11.4 Å². The monoisotopic (exact) mass is 247 g/mol. The van der Waals surface area contributed by atoms with Gasteiger partial charge in [0.05, 0.1) is 24.7 Å². The molecule has 0 saturated carbocycles. The third-order valence-electron chi connectivity index (χ3n) is 2.61. The normalized spacial score (nSPS) is 10.3. The minimum absolute atomic E-state index is 0.690. The van der Waals surface area contributed by atoms with Crippen molar-refractivity contribution in [3.63, 3.8) is 0 Å². The molecular formula is C12H17N5O. The standard InChI is InChI=1S/C12H17N5O/c1-18-10-3-4-12(11(13)9-10)14-5-2-7-17-8-6-15-16-17/h3-4,6,8-9,14H,2,5,7,13H2,1H3. The highest BCUT2D eigenvalue weighted by Crippen LogP contribution is 2.23. The van der Waals surface area contributed by atoms with Crippen LogP contribution in [0, 0.1) is 0 Å². The number of nitrogen functional groups attached to an aromatic ring is 1. The fourth-order valence-electron chi connectivity index (χ4n) is 1.64. The highest BCUT2D eigenvalue weighted by molar-refractivity contribution is 5.68. The Labute approximate surface area is 106 Å². The van der Waals surface area contributed by atoms with Gasteiger partial charge in [-0.25, -0.2) is 0 Å². The van der Waals surface area contributed by atoms with E-state index in [1.807, 2.05) is 18.3 Å². The molecule has 0 amide bonds. The molecule has 0 fully saturated rings. The number of nitrogens with one attached hydrogen (secondary N) is 1. The molecule has 0 bridgehead atoms. The van der Waals surface area contributed by atoms with E-state index in [-0.39, 0.29) is 0 Å². The van der Waals surface area contributed by atoms with Crippen molar-refractivity contribution < 1.29 is 4.74 Å². The first-order valence-electron chi connectivity index (χ1n) is 5.81. The molecule has 3 N–H and O–H groups in total. The minimum atomic E-state index is 0.690. The van der Waals surface area contributed by atoms with Crippen LogP contribution >= 0.6 is 0 Å². The lowest BCUT2D eigenvalue weighted by atomic mass is 10.2. The van der Waals surface area contributed by atoms with E-state index in [1.165, 1.54) is 0 Å². The molecule has 0 saturated heterocycles. The summed E-state index contributed by atoms with van der Waals surface area (Å²) in [6, 6.07) is 5.61. The molecule has 1 heterocycles. The third-order valence-corrected chi connectivity index (χ3v) is 2.61. The molecule has 0 unspecified atom stereocenters. The minimum Gasteiger partial charge on any atom is -0.497 e. The van der Waals surface area contributed by atoms with Gasteiger partial charge in [-0.2, -0.15) is 0 Å². The zero-order valence-electron chi connectivity index (χ0n) is 10.3. The fourth-order valence-corrected chi connectivity index (χ4v) is 1.64. The Morgan fingerprint density at radius 3 is 3.00 bits per heavy atom. The van der Waals surface area contributed by atoms with Crippen molar-refractivity contribution in [2.45, 2.75) is 13.0 Å². The number of methoxy groups -OCH3 is 1. The summed E-state index contributed by atoms with van der Waals surface area (Å²) < 4.78 is 6.90. The second kappa shape index (κ2) is 5.90. The zero-order chi connectivity index (χ0) is 12.8. The van der Waals surface area contributed by atoms with Crippen LogP contribution in [0.4, 0.5) is 11.4 Å². The Morgan fingerprint density at radius 2 is 2.33 bits per heavy atom. The average molecular weight is 247 g/mol. The third kappa shape index (κ3) is 3.13. The van der Waals surface area contributed by atoms with Gasteiger partial charge in [0, 0.05) is 25.4 Å². The predicted molar refractivity (Wildman–Crippen MR) is 70.5 cm³/mol. The van der Waals surface area contributed by atoms with Crippen molar-refractivity contribution in [2.75, 3.05) is 24.7 Å². The molecule has 0 aliphatic carbocycles. The number of hydrogen-bond donors (Lipinski definition) is 2. The molecule has 0 radical (unpaired) electrons. The summed E-state index contributed by atoms with van der Waals surface area (Å²) >= 11 is 0. The number of aryl methyl sites for hydroxylation is 1. The first-order chi connectivity index (χ1) is 8.79. The maximum atomic E-state index is 5.90. The van der Waals surface area contributed by atoms with E-state index >= 15 is 0 Å². The topological polar surface area (TPSA) is 78.0 Å². The molecule has 96 valence electrons. The number of ether oxygens (including phenoxy) is 1. The maximum Gasteiger partial charge on any atom is 0.121 e. The maximum absolute atomic E-state index is 5.90. The van der Waals surface area contributed by atoms with Crippen LogP contribution in [0.3, 0.4) is 0 Å². The van der Waals surface area contributed by atoms with Crippen LogP contribution < -0.4 is 15.8 Å². The lowest BCUT2D eigenvalue weighted by Crippen LogP contribution is -2.08. The van der Waals surface area contributed by atoms with Gasteiger partial charge in [-0.05, 0) is 18.6 Å². The fraction of sp³-hybridized carbons (Fsp3) is 0.333. The smallest absolute Gasteiger partial charge is 0.121 e. The van der Waals surface area contributed by atoms with E-state index in [4.69, 9.17) is 10.5 Å². The lowest BCUT2D eigenvalue weighted by molar-refractivity contribution is 0.415. The number of aromatic nitrogens is 3. The first-order valence-corrected chi connectivity index (χ1v) is 5.81. The van der Waals surface area contributed by atoms with Crippen molar-refractivity contribution in [1.82, 2.24) is 15.0 Å². The van der Waals surface area contributed by atoms with Gasteiger partial charge in [0.15, 0.2) is 0 Å².